The summed E-state index contributed by atoms with van der Waals surface area (Å²) in [5.41, 5.74) is 5.27. The van der Waals surface area contributed by atoms with E-state index in [1.165, 1.54) is 4.31 Å². The molecule has 1 aromatic rings. The van der Waals surface area contributed by atoms with E-state index in [0.29, 0.717) is 13.2 Å². The summed E-state index contributed by atoms with van der Waals surface area (Å²) in [5.74, 6) is -0.0147. The monoisotopic (exact) mass is 292 g/mol. The average molecular weight is 292 g/mol. The molecular formula is C11H20N2O3S2. The Hall–Kier alpha value is -0.470. The molecule has 1 aromatic heterocycles. The first-order chi connectivity index (χ1) is 8.49. The number of nitrogens with zero attached hydrogens (tertiary/aromatic N) is 1. The Kier molecular flexibility index (Phi) is 6.24. The Morgan fingerprint density at radius 2 is 2.22 bits per heavy atom. The fourth-order valence-corrected chi connectivity index (χ4v) is 3.55. The van der Waals surface area contributed by atoms with Gasteiger partial charge in [-0.2, -0.15) is 4.31 Å². The zero-order valence-electron chi connectivity index (χ0n) is 10.7. The van der Waals surface area contributed by atoms with Crippen LogP contribution in [0.4, 0.5) is 0 Å². The lowest BCUT2D eigenvalue weighted by Gasteiger charge is -2.23. The van der Waals surface area contributed by atoms with E-state index in [0.717, 1.165) is 4.88 Å². The first kappa shape index (κ1) is 15.6. The molecule has 0 aliphatic rings. The normalized spacial score (nSPS) is 14.0. The lowest BCUT2D eigenvalue weighted by atomic mass is 10.3. The van der Waals surface area contributed by atoms with Gasteiger partial charge in [-0.25, -0.2) is 8.42 Å². The van der Waals surface area contributed by atoms with Crippen LogP contribution in [-0.4, -0.2) is 45.3 Å². The van der Waals surface area contributed by atoms with Crippen molar-refractivity contribution in [2.45, 2.75) is 13.0 Å². The summed E-state index contributed by atoms with van der Waals surface area (Å²) in [4.78, 5) is 1.03. The highest BCUT2D eigenvalue weighted by Crippen LogP contribution is 2.25. The van der Waals surface area contributed by atoms with E-state index in [2.05, 4.69) is 0 Å². The van der Waals surface area contributed by atoms with Gasteiger partial charge in [0.05, 0.1) is 25.0 Å². The van der Waals surface area contributed by atoms with Gasteiger partial charge in [-0.3, -0.25) is 0 Å². The molecule has 0 fully saturated rings. The Morgan fingerprint density at radius 1 is 1.50 bits per heavy atom. The zero-order valence-corrected chi connectivity index (χ0v) is 12.3. The minimum atomic E-state index is -3.29. The molecule has 1 heterocycles. The van der Waals surface area contributed by atoms with E-state index >= 15 is 0 Å². The summed E-state index contributed by atoms with van der Waals surface area (Å²) in [6.07, 6.45) is 0. The van der Waals surface area contributed by atoms with Crippen LogP contribution in [0.5, 0.6) is 0 Å². The van der Waals surface area contributed by atoms with Crippen molar-refractivity contribution in [3.05, 3.63) is 22.4 Å². The van der Waals surface area contributed by atoms with Crippen molar-refractivity contribution >= 4 is 21.4 Å². The highest BCUT2D eigenvalue weighted by Gasteiger charge is 2.24. The second-order valence-electron chi connectivity index (χ2n) is 3.92. The first-order valence-electron chi connectivity index (χ1n) is 5.76. The zero-order chi connectivity index (χ0) is 13.6. The molecule has 0 saturated heterocycles. The summed E-state index contributed by atoms with van der Waals surface area (Å²) in [5, 5.41) is 1.94. The lowest BCUT2D eigenvalue weighted by Crippen LogP contribution is -2.33. The van der Waals surface area contributed by atoms with Crippen LogP contribution < -0.4 is 5.73 Å². The van der Waals surface area contributed by atoms with Crippen LogP contribution in [0.3, 0.4) is 0 Å². The van der Waals surface area contributed by atoms with Crippen LogP contribution in [-0.2, 0) is 14.8 Å². The smallest absolute Gasteiger partial charge is 0.216 e. The Morgan fingerprint density at radius 3 is 2.78 bits per heavy atom. The SMILES string of the molecule is CC(c1cccs1)N(C)S(=O)(=O)CCOCCN. The van der Waals surface area contributed by atoms with Crippen molar-refractivity contribution in [1.82, 2.24) is 4.31 Å². The fraction of sp³-hybridized carbons (Fsp3) is 0.636. The van der Waals surface area contributed by atoms with Gasteiger partial charge in [-0.15, -0.1) is 11.3 Å². The largest absolute Gasteiger partial charge is 0.379 e. The van der Waals surface area contributed by atoms with Crippen LogP contribution in [0.1, 0.15) is 17.8 Å². The molecule has 1 atom stereocenters. The van der Waals surface area contributed by atoms with E-state index in [1.54, 1.807) is 18.4 Å². The average Bonchev–Trinajstić information content (AvgIpc) is 2.86. The third-order valence-corrected chi connectivity index (χ3v) is 5.61. The topological polar surface area (TPSA) is 72.6 Å². The molecule has 0 bridgehead atoms. The molecule has 0 spiro atoms. The van der Waals surface area contributed by atoms with Crippen molar-refractivity contribution in [1.29, 1.82) is 0 Å². The number of ether oxygens (including phenoxy) is 1. The number of hydrogen-bond acceptors (Lipinski definition) is 5. The van der Waals surface area contributed by atoms with Gasteiger partial charge >= 0.3 is 0 Å². The minimum absolute atomic E-state index is 0.0147. The van der Waals surface area contributed by atoms with Crippen LogP contribution in [0.2, 0.25) is 0 Å². The molecule has 0 radical (unpaired) electrons. The predicted octanol–water partition coefficient (Wildman–Crippen LogP) is 1.05. The second-order valence-corrected chi connectivity index (χ2v) is 7.05. The standard InChI is InChI=1S/C11H20N2O3S2/c1-10(11-4-3-8-17-11)13(2)18(14,15)9-7-16-6-5-12/h3-4,8,10H,5-7,9,12H2,1-2H3. The number of rotatable bonds is 8. The highest BCUT2D eigenvalue weighted by atomic mass is 32.2. The summed E-state index contributed by atoms with van der Waals surface area (Å²) in [6, 6.07) is 3.71. The van der Waals surface area contributed by atoms with E-state index in [-0.39, 0.29) is 18.4 Å². The van der Waals surface area contributed by atoms with E-state index in [9.17, 15) is 8.42 Å². The van der Waals surface area contributed by atoms with E-state index in [4.69, 9.17) is 10.5 Å². The summed E-state index contributed by atoms with van der Waals surface area (Å²) in [7, 11) is -1.69. The number of sulfonamides is 1. The van der Waals surface area contributed by atoms with Crippen LogP contribution in [0.15, 0.2) is 17.5 Å². The van der Waals surface area contributed by atoms with Crippen LogP contribution in [0.25, 0.3) is 0 Å². The molecule has 1 rings (SSSR count). The highest BCUT2D eigenvalue weighted by molar-refractivity contribution is 7.89. The molecule has 0 aliphatic heterocycles. The molecule has 0 amide bonds. The predicted molar refractivity (Wildman–Crippen MR) is 74.2 cm³/mol. The third kappa shape index (κ3) is 4.33. The molecule has 0 aromatic carbocycles. The minimum Gasteiger partial charge on any atom is -0.379 e. The number of thiophene rings is 1. The summed E-state index contributed by atoms with van der Waals surface area (Å²) < 4.78 is 30.6. The first-order valence-corrected chi connectivity index (χ1v) is 8.25. The molecule has 7 heteroatoms. The Labute approximate surface area is 113 Å². The van der Waals surface area contributed by atoms with Gasteiger partial charge in [-0.05, 0) is 18.4 Å². The fourth-order valence-electron chi connectivity index (χ4n) is 1.44. The molecule has 104 valence electrons. The lowest BCUT2D eigenvalue weighted by molar-refractivity contribution is 0.156. The second kappa shape index (κ2) is 7.20. The van der Waals surface area contributed by atoms with Gasteiger partial charge in [0.2, 0.25) is 10.0 Å². The van der Waals surface area contributed by atoms with Crippen LogP contribution >= 0.6 is 11.3 Å². The van der Waals surface area contributed by atoms with E-state index < -0.39 is 10.0 Å². The summed E-state index contributed by atoms with van der Waals surface area (Å²) >= 11 is 1.55. The third-order valence-electron chi connectivity index (χ3n) is 2.69. The van der Waals surface area contributed by atoms with Gasteiger partial charge in [-0.1, -0.05) is 6.07 Å². The van der Waals surface area contributed by atoms with Gasteiger partial charge in [0.25, 0.3) is 0 Å². The van der Waals surface area contributed by atoms with Crippen LogP contribution in [0, 0.1) is 0 Å². The van der Waals surface area contributed by atoms with Crippen molar-refractivity contribution < 1.29 is 13.2 Å². The maximum Gasteiger partial charge on any atom is 0.216 e. The number of hydrogen-bond donors (Lipinski definition) is 1. The molecule has 18 heavy (non-hydrogen) atoms. The Bertz CT molecular complexity index is 431. The molecule has 0 saturated carbocycles. The van der Waals surface area contributed by atoms with Gasteiger partial charge in [0.1, 0.15) is 0 Å². The molecular weight excluding hydrogens is 272 g/mol. The maximum atomic E-state index is 12.0. The molecule has 1 unspecified atom stereocenters. The van der Waals surface area contributed by atoms with E-state index in [1.807, 2.05) is 24.4 Å². The van der Waals surface area contributed by atoms with Crippen molar-refractivity contribution in [2.24, 2.45) is 5.73 Å². The van der Waals surface area contributed by atoms with Gasteiger partial charge in [0.15, 0.2) is 0 Å². The maximum absolute atomic E-state index is 12.0. The van der Waals surface area contributed by atoms with Gasteiger partial charge in [0, 0.05) is 18.5 Å². The van der Waals surface area contributed by atoms with Crippen molar-refractivity contribution in [3.8, 4) is 0 Å². The number of nitrogens with two attached hydrogens (primary N) is 1. The summed E-state index contributed by atoms with van der Waals surface area (Å²) in [6.45, 7) is 2.85. The van der Waals surface area contributed by atoms with Crippen molar-refractivity contribution in [2.75, 3.05) is 32.6 Å². The van der Waals surface area contributed by atoms with Crippen molar-refractivity contribution in [3.63, 3.8) is 0 Å². The Balaban J connectivity index is 2.56. The molecule has 0 aliphatic carbocycles. The quantitative estimate of drug-likeness (QED) is 0.727. The molecule has 5 nitrogen and oxygen atoms in total. The molecule has 2 N–H and O–H groups in total. The van der Waals surface area contributed by atoms with Gasteiger partial charge < -0.3 is 10.5 Å².